The molecule has 0 bridgehead atoms. The fraction of sp³-hybridized carbons (Fsp3) is 0.391. The third-order valence-corrected chi connectivity index (χ3v) is 7.65. The lowest BCUT2D eigenvalue weighted by atomic mass is 10.0. The summed E-state index contributed by atoms with van der Waals surface area (Å²) in [7, 11) is -3.76. The Morgan fingerprint density at radius 3 is 2.58 bits per heavy atom. The van der Waals surface area contributed by atoms with Gasteiger partial charge in [0.25, 0.3) is 5.91 Å². The highest BCUT2D eigenvalue weighted by Gasteiger charge is 2.32. The standard InChI is InChI=1S/C23H27N3O6S/c1-17(18-5-3-2-4-6-18)14-24-22(27)15-26-20-13-19(7-8-21(20)32-16-23(26)28)33(29,30)25-9-11-31-12-10-25/h2-8,13,17H,9-12,14-16H2,1H3,(H,24,27)/t17-/m1/s1. The van der Waals surface area contributed by atoms with E-state index in [4.69, 9.17) is 9.47 Å². The minimum atomic E-state index is -3.76. The Hall–Kier alpha value is -2.95. The molecule has 1 fully saturated rings. The lowest BCUT2D eigenvalue weighted by Gasteiger charge is -2.30. The smallest absolute Gasteiger partial charge is 0.265 e. The number of nitrogens with zero attached hydrogens (tertiary/aromatic N) is 2. The molecule has 4 rings (SSSR count). The van der Waals surface area contributed by atoms with Crippen molar-refractivity contribution in [2.45, 2.75) is 17.7 Å². The minimum absolute atomic E-state index is 0.0459. The highest BCUT2D eigenvalue weighted by Crippen LogP contribution is 2.35. The summed E-state index contributed by atoms with van der Waals surface area (Å²) in [5.74, 6) is -0.274. The number of fused-ring (bicyclic) bond motifs is 1. The van der Waals surface area contributed by atoms with Gasteiger partial charge in [-0.3, -0.25) is 14.5 Å². The van der Waals surface area contributed by atoms with Gasteiger partial charge in [0.2, 0.25) is 15.9 Å². The molecule has 2 heterocycles. The summed E-state index contributed by atoms with van der Waals surface area (Å²) in [5.41, 5.74) is 1.37. The van der Waals surface area contributed by atoms with Gasteiger partial charge in [0.05, 0.1) is 23.8 Å². The number of carbonyl (C=O) groups is 2. The molecule has 9 nitrogen and oxygen atoms in total. The van der Waals surface area contributed by atoms with Crippen LogP contribution < -0.4 is 15.0 Å². The number of hydrogen-bond acceptors (Lipinski definition) is 6. The second-order valence-corrected chi connectivity index (χ2v) is 9.97. The minimum Gasteiger partial charge on any atom is -0.482 e. The Bertz CT molecular complexity index is 1120. The molecule has 1 saturated heterocycles. The number of benzene rings is 2. The number of rotatable bonds is 7. The summed E-state index contributed by atoms with van der Waals surface area (Å²) in [4.78, 5) is 26.5. The molecule has 0 spiro atoms. The van der Waals surface area contributed by atoms with Crippen LogP contribution in [0.2, 0.25) is 0 Å². The van der Waals surface area contributed by atoms with Gasteiger partial charge in [-0.05, 0) is 29.7 Å². The first-order valence-electron chi connectivity index (χ1n) is 10.8. The van der Waals surface area contributed by atoms with Crippen LogP contribution in [0.25, 0.3) is 0 Å². The molecule has 1 N–H and O–H groups in total. The highest BCUT2D eigenvalue weighted by molar-refractivity contribution is 7.89. The van der Waals surface area contributed by atoms with E-state index in [1.165, 1.54) is 27.4 Å². The number of morpholine rings is 1. The Morgan fingerprint density at radius 1 is 1.12 bits per heavy atom. The van der Waals surface area contributed by atoms with E-state index in [-0.39, 0.29) is 48.6 Å². The predicted octanol–water partition coefficient (Wildman–Crippen LogP) is 1.35. The van der Waals surface area contributed by atoms with E-state index >= 15 is 0 Å². The number of carbonyl (C=O) groups excluding carboxylic acids is 2. The molecule has 2 amide bonds. The molecule has 2 aliphatic rings. The van der Waals surface area contributed by atoms with Crippen LogP contribution in [-0.2, 0) is 24.3 Å². The number of anilines is 1. The Kier molecular flexibility index (Phi) is 6.96. The third kappa shape index (κ3) is 5.18. The summed E-state index contributed by atoms with van der Waals surface area (Å²) < 4.78 is 38.1. The van der Waals surface area contributed by atoms with Gasteiger partial charge < -0.3 is 14.8 Å². The van der Waals surface area contributed by atoms with Gasteiger partial charge >= 0.3 is 0 Å². The predicted molar refractivity (Wildman–Crippen MR) is 122 cm³/mol. The summed E-state index contributed by atoms with van der Waals surface area (Å²) in [6.07, 6.45) is 0. The van der Waals surface area contributed by atoms with E-state index < -0.39 is 15.9 Å². The van der Waals surface area contributed by atoms with Crippen molar-refractivity contribution >= 4 is 27.5 Å². The van der Waals surface area contributed by atoms with E-state index in [1.807, 2.05) is 37.3 Å². The zero-order valence-corrected chi connectivity index (χ0v) is 19.2. The Balaban J connectivity index is 1.49. The van der Waals surface area contributed by atoms with E-state index in [2.05, 4.69) is 5.32 Å². The van der Waals surface area contributed by atoms with Crippen molar-refractivity contribution in [3.05, 3.63) is 54.1 Å². The summed E-state index contributed by atoms with van der Waals surface area (Å²) in [5, 5.41) is 2.86. The maximum absolute atomic E-state index is 13.0. The van der Waals surface area contributed by atoms with Gasteiger partial charge in [0, 0.05) is 19.6 Å². The zero-order chi connectivity index (χ0) is 23.4. The van der Waals surface area contributed by atoms with Crippen LogP contribution in [0.3, 0.4) is 0 Å². The van der Waals surface area contributed by atoms with E-state index in [0.29, 0.717) is 25.5 Å². The molecular weight excluding hydrogens is 446 g/mol. The van der Waals surface area contributed by atoms with Gasteiger partial charge in [0.15, 0.2) is 6.61 Å². The van der Waals surface area contributed by atoms with Crippen molar-refractivity contribution in [3.8, 4) is 5.75 Å². The number of amides is 2. The number of sulfonamides is 1. The first kappa shape index (κ1) is 23.2. The Labute approximate surface area is 193 Å². The zero-order valence-electron chi connectivity index (χ0n) is 18.4. The first-order valence-corrected chi connectivity index (χ1v) is 12.3. The normalized spacial score (nSPS) is 17.7. The number of ether oxygens (including phenoxy) is 2. The topological polar surface area (TPSA) is 105 Å². The monoisotopic (exact) mass is 473 g/mol. The molecule has 176 valence electrons. The van der Waals surface area contributed by atoms with Crippen molar-refractivity contribution in [3.63, 3.8) is 0 Å². The molecule has 2 aromatic rings. The lowest BCUT2D eigenvalue weighted by molar-refractivity contribution is -0.125. The van der Waals surface area contributed by atoms with E-state index in [1.54, 1.807) is 0 Å². The summed E-state index contributed by atoms with van der Waals surface area (Å²) in [6.45, 7) is 3.18. The molecular formula is C23H27N3O6S. The van der Waals surface area contributed by atoms with Crippen molar-refractivity contribution in [1.82, 2.24) is 9.62 Å². The number of hydrogen-bond donors (Lipinski definition) is 1. The van der Waals surface area contributed by atoms with Crippen LogP contribution in [0.1, 0.15) is 18.4 Å². The third-order valence-electron chi connectivity index (χ3n) is 5.76. The fourth-order valence-electron chi connectivity index (χ4n) is 3.82. The molecule has 0 aliphatic carbocycles. The van der Waals surface area contributed by atoms with Crippen LogP contribution in [0.15, 0.2) is 53.4 Å². The van der Waals surface area contributed by atoms with Crippen LogP contribution in [0.4, 0.5) is 5.69 Å². The summed E-state index contributed by atoms with van der Waals surface area (Å²) in [6, 6.07) is 14.2. The maximum Gasteiger partial charge on any atom is 0.265 e. The van der Waals surface area contributed by atoms with Crippen molar-refractivity contribution in [1.29, 1.82) is 0 Å². The quantitative estimate of drug-likeness (QED) is 0.651. The van der Waals surface area contributed by atoms with Gasteiger partial charge in [-0.25, -0.2) is 8.42 Å². The molecule has 0 unspecified atom stereocenters. The van der Waals surface area contributed by atoms with Crippen LogP contribution in [0.5, 0.6) is 5.75 Å². The average Bonchev–Trinajstić information content (AvgIpc) is 2.85. The first-order chi connectivity index (χ1) is 15.9. The summed E-state index contributed by atoms with van der Waals surface area (Å²) >= 11 is 0. The molecule has 33 heavy (non-hydrogen) atoms. The average molecular weight is 474 g/mol. The van der Waals surface area contributed by atoms with Crippen LogP contribution >= 0.6 is 0 Å². The van der Waals surface area contributed by atoms with Gasteiger partial charge in [0.1, 0.15) is 12.3 Å². The fourth-order valence-corrected chi connectivity index (χ4v) is 5.25. The molecule has 0 aromatic heterocycles. The van der Waals surface area contributed by atoms with Gasteiger partial charge in [-0.15, -0.1) is 0 Å². The van der Waals surface area contributed by atoms with Crippen molar-refractivity contribution in [2.75, 3.05) is 50.9 Å². The van der Waals surface area contributed by atoms with Crippen molar-refractivity contribution in [2.24, 2.45) is 0 Å². The number of nitrogens with one attached hydrogen (secondary N) is 1. The largest absolute Gasteiger partial charge is 0.482 e. The maximum atomic E-state index is 13.0. The second-order valence-electron chi connectivity index (χ2n) is 8.03. The van der Waals surface area contributed by atoms with E-state index in [9.17, 15) is 18.0 Å². The molecule has 0 saturated carbocycles. The molecule has 10 heteroatoms. The highest BCUT2D eigenvalue weighted by atomic mass is 32.2. The lowest BCUT2D eigenvalue weighted by Crippen LogP contribution is -2.46. The van der Waals surface area contributed by atoms with E-state index in [0.717, 1.165) is 5.56 Å². The Morgan fingerprint density at radius 2 is 1.85 bits per heavy atom. The van der Waals surface area contributed by atoms with Crippen LogP contribution in [-0.4, -0.2) is 70.5 Å². The molecule has 0 radical (unpaired) electrons. The molecule has 1 atom stereocenters. The SMILES string of the molecule is C[C@H](CNC(=O)CN1C(=O)COc2ccc(S(=O)(=O)N3CCOCC3)cc21)c1ccccc1. The van der Waals surface area contributed by atoms with Gasteiger partial charge in [-0.2, -0.15) is 4.31 Å². The molecule has 2 aliphatic heterocycles. The van der Waals surface area contributed by atoms with Crippen molar-refractivity contribution < 1.29 is 27.5 Å². The second kappa shape index (κ2) is 9.90. The van der Waals surface area contributed by atoms with Gasteiger partial charge in [-0.1, -0.05) is 37.3 Å². The molecule has 2 aromatic carbocycles. The van der Waals surface area contributed by atoms with Crippen LogP contribution in [0, 0.1) is 0 Å².